The molecule has 1 saturated carbocycles. The van der Waals surface area contributed by atoms with Gasteiger partial charge in [0.1, 0.15) is 11.4 Å². The van der Waals surface area contributed by atoms with E-state index in [0.717, 1.165) is 43.0 Å². The van der Waals surface area contributed by atoms with Crippen molar-refractivity contribution in [3.63, 3.8) is 0 Å². The molecule has 1 aliphatic carbocycles. The number of ether oxygens (including phenoxy) is 1. The average molecular weight is 553 g/mol. The average Bonchev–Trinajstić information content (AvgIpc) is 3.75. The van der Waals surface area contributed by atoms with Crippen molar-refractivity contribution in [1.29, 1.82) is 0 Å². The summed E-state index contributed by atoms with van der Waals surface area (Å²) in [5.41, 5.74) is 4.09. The molecule has 1 N–H and O–H groups in total. The van der Waals surface area contributed by atoms with E-state index in [-0.39, 0.29) is 12.1 Å². The standard InChI is InChI=1S/C33H36N4O2S/c1-33(2,3)39-32(38)37-14-6-9-28(37)26-16-24(18-34-26)29-17-23-11-10-21-15-22(12-13-25(21)30(23)40-29)27-19-35-31(36-27)20-7-4-5-8-20/h10-13,15,17-20,28H,4-9,14,16H2,1-3H3,(H,35,36)/t28-/m0/s1. The number of allylic oxidation sites excluding steroid dienone is 1. The first kappa shape index (κ1) is 25.5. The van der Waals surface area contributed by atoms with Gasteiger partial charge in [-0.3, -0.25) is 9.89 Å². The van der Waals surface area contributed by atoms with Crippen molar-refractivity contribution in [2.24, 2.45) is 4.99 Å². The third kappa shape index (κ3) is 4.74. The summed E-state index contributed by atoms with van der Waals surface area (Å²) >= 11 is 1.84. The van der Waals surface area contributed by atoms with Crippen molar-refractivity contribution in [2.45, 2.75) is 83.3 Å². The molecular formula is C33H36N4O2S. The molecule has 206 valence electrons. The predicted molar refractivity (Wildman–Crippen MR) is 164 cm³/mol. The van der Waals surface area contributed by atoms with Crippen LogP contribution in [0.1, 0.15) is 82.3 Å². The monoisotopic (exact) mass is 552 g/mol. The number of aliphatic imine (C=N–C) groups is 1. The summed E-state index contributed by atoms with van der Waals surface area (Å²) in [6.45, 7) is 6.47. The summed E-state index contributed by atoms with van der Waals surface area (Å²) in [5.74, 6) is 1.73. The Morgan fingerprint density at radius 3 is 2.70 bits per heavy atom. The van der Waals surface area contributed by atoms with Crippen LogP contribution in [0.4, 0.5) is 4.79 Å². The number of carbonyl (C=O) groups is 1. The van der Waals surface area contributed by atoms with Gasteiger partial charge in [0.15, 0.2) is 0 Å². The van der Waals surface area contributed by atoms with Crippen LogP contribution in [-0.4, -0.2) is 44.9 Å². The highest BCUT2D eigenvalue weighted by Gasteiger charge is 2.36. The first-order chi connectivity index (χ1) is 19.3. The quantitative estimate of drug-likeness (QED) is 0.275. The molecule has 2 fully saturated rings. The summed E-state index contributed by atoms with van der Waals surface area (Å²) in [7, 11) is 0. The van der Waals surface area contributed by atoms with E-state index in [1.54, 1.807) is 0 Å². The molecule has 40 heavy (non-hydrogen) atoms. The van der Waals surface area contributed by atoms with E-state index in [2.05, 4.69) is 41.4 Å². The first-order valence-corrected chi connectivity index (χ1v) is 15.4. The Balaban J connectivity index is 1.10. The molecule has 6 nitrogen and oxygen atoms in total. The van der Waals surface area contributed by atoms with Crippen LogP contribution in [0.2, 0.25) is 0 Å². The lowest BCUT2D eigenvalue weighted by molar-refractivity contribution is 0.0265. The van der Waals surface area contributed by atoms with Crippen LogP contribution < -0.4 is 0 Å². The van der Waals surface area contributed by atoms with E-state index in [4.69, 9.17) is 14.7 Å². The number of nitrogens with one attached hydrogen (secondary N) is 1. The van der Waals surface area contributed by atoms with E-state index in [1.165, 1.54) is 62.6 Å². The summed E-state index contributed by atoms with van der Waals surface area (Å²) in [6.07, 6.45) is 11.6. The van der Waals surface area contributed by atoms with Gasteiger partial charge in [-0.1, -0.05) is 37.1 Å². The second kappa shape index (κ2) is 9.88. The van der Waals surface area contributed by atoms with Gasteiger partial charge in [0.05, 0.1) is 17.9 Å². The number of benzene rings is 2. The number of imidazole rings is 1. The maximum absolute atomic E-state index is 12.8. The lowest BCUT2D eigenvalue weighted by Gasteiger charge is -2.28. The minimum Gasteiger partial charge on any atom is -0.444 e. The van der Waals surface area contributed by atoms with E-state index in [0.29, 0.717) is 5.92 Å². The normalized spacial score (nSPS) is 20.1. The minimum absolute atomic E-state index is 0.0221. The Bertz CT molecular complexity index is 1660. The summed E-state index contributed by atoms with van der Waals surface area (Å²) in [6, 6.07) is 13.5. The molecule has 1 saturated heterocycles. The fraction of sp³-hybridized carbons (Fsp3) is 0.424. The van der Waals surface area contributed by atoms with Gasteiger partial charge in [-0.25, -0.2) is 9.78 Å². The summed E-state index contributed by atoms with van der Waals surface area (Å²) < 4.78 is 6.98. The number of hydrogen-bond donors (Lipinski definition) is 1. The maximum atomic E-state index is 12.8. The van der Waals surface area contributed by atoms with E-state index in [1.807, 2.05) is 49.4 Å². The molecule has 2 aromatic carbocycles. The van der Waals surface area contributed by atoms with Crippen molar-refractivity contribution in [3.8, 4) is 11.3 Å². The second-order valence-electron chi connectivity index (χ2n) is 12.5. The molecule has 0 unspecified atom stereocenters. The second-order valence-corrected chi connectivity index (χ2v) is 13.5. The summed E-state index contributed by atoms with van der Waals surface area (Å²) in [4.78, 5) is 29.1. The highest BCUT2D eigenvalue weighted by molar-refractivity contribution is 7.21. The van der Waals surface area contributed by atoms with Crippen molar-refractivity contribution in [1.82, 2.24) is 14.9 Å². The molecule has 2 aliphatic heterocycles. The van der Waals surface area contributed by atoms with Gasteiger partial charge in [-0.05, 0) is 80.3 Å². The molecule has 0 radical (unpaired) electrons. The Morgan fingerprint density at radius 2 is 1.88 bits per heavy atom. The van der Waals surface area contributed by atoms with E-state index >= 15 is 0 Å². The van der Waals surface area contributed by atoms with Gasteiger partial charge < -0.3 is 9.72 Å². The third-order valence-electron chi connectivity index (χ3n) is 8.49. The number of rotatable bonds is 4. The van der Waals surface area contributed by atoms with Crippen LogP contribution in [0, 0.1) is 0 Å². The van der Waals surface area contributed by atoms with Crippen LogP contribution in [0.3, 0.4) is 0 Å². The van der Waals surface area contributed by atoms with Crippen LogP contribution in [0.25, 0.3) is 37.7 Å². The minimum atomic E-state index is -0.498. The molecule has 2 aromatic heterocycles. The first-order valence-electron chi connectivity index (χ1n) is 14.6. The molecule has 4 heterocycles. The highest BCUT2D eigenvalue weighted by Crippen LogP contribution is 2.40. The van der Waals surface area contributed by atoms with Crippen LogP contribution in [0.15, 0.2) is 53.8 Å². The Hall–Kier alpha value is -3.45. The molecule has 7 heteroatoms. The molecule has 1 atom stereocenters. The third-order valence-corrected chi connectivity index (χ3v) is 9.75. The molecule has 0 spiro atoms. The molecule has 0 bridgehead atoms. The number of amides is 1. The lowest BCUT2D eigenvalue weighted by Crippen LogP contribution is -2.43. The zero-order valence-corrected chi connectivity index (χ0v) is 24.3. The van der Waals surface area contributed by atoms with E-state index < -0.39 is 5.60 Å². The predicted octanol–water partition coefficient (Wildman–Crippen LogP) is 8.69. The number of carbonyl (C=O) groups excluding carboxylic acids is 1. The van der Waals surface area contributed by atoms with Crippen molar-refractivity contribution in [3.05, 3.63) is 59.5 Å². The van der Waals surface area contributed by atoms with Gasteiger partial charge in [0.25, 0.3) is 0 Å². The zero-order chi connectivity index (χ0) is 27.4. The Morgan fingerprint density at radius 1 is 1.05 bits per heavy atom. The number of nitrogens with zero attached hydrogens (tertiary/aromatic N) is 3. The number of aromatic nitrogens is 2. The fourth-order valence-electron chi connectivity index (χ4n) is 6.50. The number of hydrogen-bond acceptors (Lipinski definition) is 5. The number of likely N-dealkylation sites (tertiary alicyclic amines) is 1. The van der Waals surface area contributed by atoms with Gasteiger partial charge in [-0.15, -0.1) is 11.3 Å². The zero-order valence-electron chi connectivity index (χ0n) is 23.5. The van der Waals surface area contributed by atoms with Crippen LogP contribution in [0.5, 0.6) is 0 Å². The molecular weight excluding hydrogens is 516 g/mol. The smallest absolute Gasteiger partial charge is 0.410 e. The van der Waals surface area contributed by atoms with Gasteiger partial charge >= 0.3 is 6.09 Å². The van der Waals surface area contributed by atoms with Crippen molar-refractivity contribution >= 4 is 49.6 Å². The fourth-order valence-corrected chi connectivity index (χ4v) is 7.70. The van der Waals surface area contributed by atoms with Gasteiger partial charge in [0.2, 0.25) is 0 Å². The van der Waals surface area contributed by atoms with E-state index in [9.17, 15) is 4.79 Å². The number of aromatic amines is 1. The van der Waals surface area contributed by atoms with Crippen LogP contribution in [-0.2, 0) is 4.74 Å². The lowest BCUT2D eigenvalue weighted by atomic mass is 10.0. The summed E-state index contributed by atoms with van der Waals surface area (Å²) in [5, 5.41) is 3.78. The van der Waals surface area contributed by atoms with Gasteiger partial charge in [-0.2, -0.15) is 0 Å². The molecule has 3 aliphatic rings. The van der Waals surface area contributed by atoms with Gasteiger partial charge in [0, 0.05) is 45.9 Å². The maximum Gasteiger partial charge on any atom is 0.410 e. The molecule has 7 rings (SSSR count). The largest absolute Gasteiger partial charge is 0.444 e. The number of fused-ring (bicyclic) bond motifs is 3. The van der Waals surface area contributed by atoms with Crippen LogP contribution >= 0.6 is 11.3 Å². The van der Waals surface area contributed by atoms with Crippen molar-refractivity contribution in [2.75, 3.05) is 6.54 Å². The SMILES string of the molecule is CC(C)(C)OC(=O)N1CCC[C@H]1C1=NC=C(c2cc3ccc4cc(-c5cnc(C6CCCC6)[nH]5)ccc4c3s2)C1. The number of thiophene rings is 1. The topological polar surface area (TPSA) is 70.6 Å². The van der Waals surface area contributed by atoms with Crippen molar-refractivity contribution < 1.29 is 9.53 Å². The number of H-pyrrole nitrogens is 1. The molecule has 1 amide bonds. The Kier molecular flexibility index (Phi) is 6.30. The Labute approximate surface area is 239 Å². The highest BCUT2D eigenvalue weighted by atomic mass is 32.1. The molecule has 4 aromatic rings.